The van der Waals surface area contributed by atoms with Crippen LogP contribution >= 0.6 is 15.9 Å². The highest BCUT2D eigenvalue weighted by atomic mass is 79.9. The van der Waals surface area contributed by atoms with Crippen molar-refractivity contribution in [2.75, 3.05) is 18.1 Å². The lowest BCUT2D eigenvalue weighted by molar-refractivity contribution is 0.0953. The van der Waals surface area contributed by atoms with E-state index in [0.29, 0.717) is 12.1 Å². The number of halogens is 1. The molecule has 0 heterocycles. The Morgan fingerprint density at radius 1 is 1.41 bits per heavy atom. The lowest BCUT2D eigenvalue weighted by Gasteiger charge is -2.05. The number of carbonyl (C=O) groups excluding carboxylic acids is 1. The number of rotatable bonds is 5. The number of hydrogen-bond acceptors (Lipinski definition) is 3. The molecule has 0 saturated carbocycles. The summed E-state index contributed by atoms with van der Waals surface area (Å²) < 4.78 is 22.7. The molecule has 0 bridgehead atoms. The number of sulfone groups is 1. The molecule has 0 unspecified atom stereocenters. The van der Waals surface area contributed by atoms with E-state index in [4.69, 9.17) is 0 Å². The summed E-state index contributed by atoms with van der Waals surface area (Å²) in [6, 6.07) is 6.03. The van der Waals surface area contributed by atoms with Crippen molar-refractivity contribution < 1.29 is 13.2 Å². The van der Waals surface area contributed by atoms with Crippen LogP contribution in [-0.2, 0) is 9.84 Å². The van der Waals surface area contributed by atoms with Crippen molar-refractivity contribution in [1.82, 2.24) is 5.32 Å². The molecule has 1 rings (SSSR count). The summed E-state index contributed by atoms with van der Waals surface area (Å²) >= 11 is 3.26. The lowest BCUT2D eigenvalue weighted by atomic mass is 10.2. The van der Waals surface area contributed by atoms with Crippen molar-refractivity contribution in [3.63, 3.8) is 0 Å². The standard InChI is InChI=1S/C11H14BrNO3S/c1-17(15,16)10-5-2-4-9(8-10)11(14)13-7-3-6-12/h2,4-5,8H,3,6-7H2,1H3,(H,13,14). The number of carbonyl (C=O) groups is 1. The molecular weight excluding hydrogens is 306 g/mol. The Balaban J connectivity index is 2.82. The zero-order valence-electron chi connectivity index (χ0n) is 9.44. The summed E-state index contributed by atoms with van der Waals surface area (Å²) in [5.41, 5.74) is 0.363. The van der Waals surface area contributed by atoms with Gasteiger partial charge in [-0.15, -0.1) is 0 Å². The van der Waals surface area contributed by atoms with E-state index in [0.717, 1.165) is 18.0 Å². The molecule has 0 aromatic heterocycles. The van der Waals surface area contributed by atoms with E-state index in [9.17, 15) is 13.2 Å². The average Bonchev–Trinajstić information content (AvgIpc) is 2.28. The number of amides is 1. The molecule has 0 aliphatic rings. The Bertz CT molecular complexity index is 499. The highest BCUT2D eigenvalue weighted by Crippen LogP contribution is 2.11. The lowest BCUT2D eigenvalue weighted by Crippen LogP contribution is -2.24. The molecule has 94 valence electrons. The minimum Gasteiger partial charge on any atom is -0.352 e. The zero-order chi connectivity index (χ0) is 12.9. The molecule has 0 fully saturated rings. The van der Waals surface area contributed by atoms with Crippen molar-refractivity contribution >= 4 is 31.7 Å². The summed E-state index contributed by atoms with van der Waals surface area (Å²) in [5.74, 6) is -0.253. The van der Waals surface area contributed by atoms with Crippen LogP contribution in [0.1, 0.15) is 16.8 Å². The highest BCUT2D eigenvalue weighted by Gasteiger charge is 2.10. The molecular formula is C11H14BrNO3S. The monoisotopic (exact) mass is 319 g/mol. The molecule has 0 aliphatic carbocycles. The number of benzene rings is 1. The van der Waals surface area contributed by atoms with Gasteiger partial charge in [0.1, 0.15) is 0 Å². The van der Waals surface area contributed by atoms with Gasteiger partial charge in [0.25, 0.3) is 5.91 Å². The smallest absolute Gasteiger partial charge is 0.251 e. The van der Waals surface area contributed by atoms with Crippen molar-refractivity contribution in [2.45, 2.75) is 11.3 Å². The van der Waals surface area contributed by atoms with Gasteiger partial charge in [0.05, 0.1) is 4.90 Å². The first-order valence-electron chi connectivity index (χ1n) is 5.09. The zero-order valence-corrected chi connectivity index (χ0v) is 11.8. The molecule has 0 radical (unpaired) electrons. The third-order valence-electron chi connectivity index (χ3n) is 2.12. The fourth-order valence-electron chi connectivity index (χ4n) is 1.24. The molecule has 1 amide bonds. The summed E-state index contributed by atoms with van der Waals surface area (Å²) in [5, 5.41) is 3.53. The van der Waals surface area contributed by atoms with Crippen LogP contribution < -0.4 is 5.32 Å². The predicted octanol–water partition coefficient (Wildman–Crippen LogP) is 1.60. The first kappa shape index (κ1) is 14.2. The van der Waals surface area contributed by atoms with Crippen molar-refractivity contribution in [3.05, 3.63) is 29.8 Å². The Morgan fingerprint density at radius 2 is 2.12 bits per heavy atom. The average molecular weight is 320 g/mol. The summed E-state index contributed by atoms with van der Waals surface area (Å²) in [4.78, 5) is 11.8. The Hall–Kier alpha value is -0.880. The van der Waals surface area contributed by atoms with Gasteiger partial charge < -0.3 is 5.32 Å². The SMILES string of the molecule is CS(=O)(=O)c1cccc(C(=O)NCCCBr)c1. The van der Waals surface area contributed by atoms with Crippen molar-refractivity contribution in [2.24, 2.45) is 0 Å². The van der Waals surface area contributed by atoms with Gasteiger partial charge in [-0.3, -0.25) is 4.79 Å². The molecule has 0 aliphatic heterocycles. The number of alkyl halides is 1. The van der Waals surface area contributed by atoms with Gasteiger partial charge in [0.15, 0.2) is 9.84 Å². The fraction of sp³-hybridized carbons (Fsp3) is 0.364. The van der Waals surface area contributed by atoms with E-state index in [-0.39, 0.29) is 10.8 Å². The maximum Gasteiger partial charge on any atom is 0.251 e. The first-order valence-corrected chi connectivity index (χ1v) is 8.10. The Labute approximate surface area is 109 Å². The second-order valence-electron chi connectivity index (χ2n) is 3.60. The second-order valence-corrected chi connectivity index (χ2v) is 6.41. The molecule has 0 atom stereocenters. The molecule has 6 heteroatoms. The molecule has 1 aromatic carbocycles. The van der Waals surface area contributed by atoms with E-state index >= 15 is 0 Å². The Kier molecular flexibility index (Phi) is 5.14. The van der Waals surface area contributed by atoms with Crippen LogP contribution in [0.3, 0.4) is 0 Å². The maximum absolute atomic E-state index is 11.7. The maximum atomic E-state index is 11.7. The van der Waals surface area contributed by atoms with Crippen molar-refractivity contribution in [3.8, 4) is 0 Å². The van der Waals surface area contributed by atoms with Gasteiger partial charge in [-0.25, -0.2) is 8.42 Å². The molecule has 17 heavy (non-hydrogen) atoms. The number of hydrogen-bond donors (Lipinski definition) is 1. The third kappa shape index (κ3) is 4.47. The van der Waals surface area contributed by atoms with Gasteiger partial charge in [-0.05, 0) is 24.6 Å². The number of nitrogens with one attached hydrogen (secondary N) is 1. The fourth-order valence-corrected chi connectivity index (χ4v) is 2.19. The van der Waals surface area contributed by atoms with E-state index in [1.807, 2.05) is 0 Å². The van der Waals surface area contributed by atoms with Gasteiger partial charge in [0, 0.05) is 23.7 Å². The molecule has 4 nitrogen and oxygen atoms in total. The van der Waals surface area contributed by atoms with E-state index in [1.165, 1.54) is 12.1 Å². The minimum atomic E-state index is -3.27. The molecule has 1 N–H and O–H groups in total. The Morgan fingerprint density at radius 3 is 2.71 bits per heavy atom. The van der Waals surface area contributed by atoms with Crippen LogP contribution in [0.25, 0.3) is 0 Å². The largest absolute Gasteiger partial charge is 0.352 e. The van der Waals surface area contributed by atoms with Crippen LogP contribution in [0.5, 0.6) is 0 Å². The first-order chi connectivity index (χ1) is 7.95. The van der Waals surface area contributed by atoms with Crippen molar-refractivity contribution in [1.29, 1.82) is 0 Å². The summed E-state index contributed by atoms with van der Waals surface area (Å²) in [7, 11) is -3.27. The molecule has 1 aromatic rings. The minimum absolute atomic E-state index is 0.158. The van der Waals surface area contributed by atoms with Crippen LogP contribution in [0.15, 0.2) is 29.2 Å². The molecule has 0 saturated heterocycles. The molecule has 0 spiro atoms. The van der Waals surface area contributed by atoms with Gasteiger partial charge >= 0.3 is 0 Å². The van der Waals surface area contributed by atoms with Gasteiger partial charge in [-0.1, -0.05) is 22.0 Å². The second kappa shape index (κ2) is 6.16. The van der Waals surface area contributed by atoms with E-state index in [1.54, 1.807) is 12.1 Å². The quantitative estimate of drug-likeness (QED) is 0.662. The van der Waals surface area contributed by atoms with Crippen LogP contribution in [0.2, 0.25) is 0 Å². The predicted molar refractivity (Wildman–Crippen MR) is 70.3 cm³/mol. The van der Waals surface area contributed by atoms with Crippen LogP contribution in [0, 0.1) is 0 Å². The van der Waals surface area contributed by atoms with Gasteiger partial charge in [0.2, 0.25) is 0 Å². The van der Waals surface area contributed by atoms with E-state index in [2.05, 4.69) is 21.2 Å². The normalized spacial score (nSPS) is 11.2. The van der Waals surface area contributed by atoms with Gasteiger partial charge in [-0.2, -0.15) is 0 Å². The highest BCUT2D eigenvalue weighted by molar-refractivity contribution is 9.09. The third-order valence-corrected chi connectivity index (χ3v) is 3.79. The van der Waals surface area contributed by atoms with Crippen LogP contribution in [-0.4, -0.2) is 32.5 Å². The van der Waals surface area contributed by atoms with E-state index < -0.39 is 9.84 Å². The summed E-state index contributed by atoms with van der Waals surface area (Å²) in [6.45, 7) is 0.563. The van der Waals surface area contributed by atoms with Crippen LogP contribution in [0.4, 0.5) is 0 Å². The summed E-state index contributed by atoms with van der Waals surface area (Å²) in [6.07, 6.45) is 1.95. The topological polar surface area (TPSA) is 63.2 Å².